The minimum atomic E-state index is -0.373. The molecule has 28 heavy (non-hydrogen) atoms. The Morgan fingerprint density at radius 1 is 1.21 bits per heavy atom. The van der Waals surface area contributed by atoms with Gasteiger partial charge in [0.1, 0.15) is 23.9 Å². The van der Waals surface area contributed by atoms with Crippen LogP contribution < -0.4 is 4.74 Å². The Kier molecular flexibility index (Phi) is 4.03. The van der Waals surface area contributed by atoms with Gasteiger partial charge in [-0.15, -0.1) is 15.3 Å². The average molecular weight is 379 g/mol. The third kappa shape index (κ3) is 2.90. The molecule has 5 rings (SSSR count). The molecule has 0 saturated heterocycles. The summed E-state index contributed by atoms with van der Waals surface area (Å²) in [5, 5.41) is 16.9. The molecule has 3 heterocycles. The van der Waals surface area contributed by atoms with E-state index in [1.165, 1.54) is 17.0 Å². The normalized spacial score (nSPS) is 14.4. The number of rotatable bonds is 5. The molecule has 0 spiro atoms. The van der Waals surface area contributed by atoms with Gasteiger partial charge in [-0.2, -0.15) is 4.52 Å². The van der Waals surface area contributed by atoms with E-state index < -0.39 is 0 Å². The topological polar surface area (TPSA) is 78.3 Å². The maximum Gasteiger partial charge on any atom is 0.235 e. The summed E-state index contributed by atoms with van der Waals surface area (Å²) in [5.41, 5.74) is 2.62. The van der Waals surface area contributed by atoms with Crippen molar-refractivity contribution in [2.75, 3.05) is 0 Å². The number of nitrogens with zero attached hydrogens (tertiary/aromatic N) is 5. The fourth-order valence-electron chi connectivity index (χ4n) is 3.39. The second-order valence-electron chi connectivity index (χ2n) is 7.02. The van der Waals surface area contributed by atoms with E-state index in [0.29, 0.717) is 34.5 Å². The summed E-state index contributed by atoms with van der Waals surface area (Å²) in [5.74, 6) is 1.58. The zero-order valence-electron chi connectivity index (χ0n) is 15.3. The molecule has 1 aromatic carbocycles. The van der Waals surface area contributed by atoms with Crippen molar-refractivity contribution >= 4 is 5.65 Å². The molecule has 1 aliphatic rings. The van der Waals surface area contributed by atoms with Crippen LogP contribution in [0.1, 0.15) is 42.2 Å². The van der Waals surface area contributed by atoms with E-state index in [-0.39, 0.29) is 12.4 Å². The second-order valence-corrected chi connectivity index (χ2v) is 7.02. The highest BCUT2D eigenvalue weighted by atomic mass is 19.1. The van der Waals surface area contributed by atoms with Crippen molar-refractivity contribution in [3.05, 3.63) is 59.2 Å². The fraction of sp³-hybridized carbons (Fsp3) is 0.300. The van der Waals surface area contributed by atoms with Crippen LogP contribution in [-0.4, -0.2) is 25.0 Å². The Labute approximate surface area is 160 Å². The zero-order valence-corrected chi connectivity index (χ0v) is 15.3. The van der Waals surface area contributed by atoms with E-state index in [1.54, 1.807) is 18.2 Å². The largest absolute Gasteiger partial charge is 0.470 e. The molecule has 1 saturated carbocycles. The number of benzene rings is 1. The first-order valence-corrected chi connectivity index (χ1v) is 9.25. The number of ether oxygens (including phenoxy) is 1. The number of hydrogen-bond donors (Lipinski definition) is 0. The lowest BCUT2D eigenvalue weighted by atomic mass is 9.80. The predicted molar refractivity (Wildman–Crippen MR) is 98.3 cm³/mol. The summed E-state index contributed by atoms with van der Waals surface area (Å²) < 4.78 is 26.9. The van der Waals surface area contributed by atoms with E-state index in [9.17, 15) is 4.39 Å². The Hall–Kier alpha value is -3.29. The number of fused-ring (bicyclic) bond motifs is 1. The fourth-order valence-corrected chi connectivity index (χ4v) is 3.39. The van der Waals surface area contributed by atoms with Gasteiger partial charge in [0.25, 0.3) is 0 Å². The van der Waals surface area contributed by atoms with Crippen LogP contribution in [0, 0.1) is 12.7 Å². The van der Waals surface area contributed by atoms with Gasteiger partial charge in [-0.05, 0) is 43.9 Å². The molecule has 8 heteroatoms. The summed E-state index contributed by atoms with van der Waals surface area (Å²) in [6.07, 6.45) is 3.36. The summed E-state index contributed by atoms with van der Waals surface area (Å²) in [6, 6.07) is 10.2. The van der Waals surface area contributed by atoms with E-state index in [0.717, 1.165) is 24.2 Å². The molecule has 0 radical (unpaired) electrons. The monoisotopic (exact) mass is 379 g/mol. The molecule has 0 N–H and O–H groups in total. The van der Waals surface area contributed by atoms with Crippen molar-refractivity contribution in [3.63, 3.8) is 0 Å². The highest BCUT2D eigenvalue weighted by Gasteiger charge is 2.26. The van der Waals surface area contributed by atoms with Crippen molar-refractivity contribution in [3.8, 4) is 17.3 Å². The van der Waals surface area contributed by atoms with Crippen LogP contribution in [0.25, 0.3) is 17.0 Å². The van der Waals surface area contributed by atoms with E-state index >= 15 is 0 Å². The van der Waals surface area contributed by atoms with Gasteiger partial charge in [0.2, 0.25) is 5.88 Å². The first kappa shape index (κ1) is 16.9. The summed E-state index contributed by atoms with van der Waals surface area (Å²) in [7, 11) is 0. The standard InChI is InChI=1S/C20H18FN5O2/c1-12-9-14(25-28-12)11-27-20-16(13-5-4-6-13)10-18-22-23-19(26(18)24-20)15-7-2-3-8-17(15)21/h2-3,7-10,13H,4-6,11H2,1H3. The predicted octanol–water partition coefficient (Wildman–Crippen LogP) is 4.07. The lowest BCUT2D eigenvalue weighted by Crippen LogP contribution is -2.13. The van der Waals surface area contributed by atoms with Gasteiger partial charge in [-0.1, -0.05) is 23.7 Å². The SMILES string of the molecule is Cc1cc(COc2nn3c(-c4ccccc4F)nnc3cc2C2CCC2)no1. The first-order valence-electron chi connectivity index (χ1n) is 9.25. The van der Waals surface area contributed by atoms with Gasteiger partial charge in [-0.25, -0.2) is 4.39 Å². The van der Waals surface area contributed by atoms with Gasteiger partial charge >= 0.3 is 0 Å². The van der Waals surface area contributed by atoms with Crippen LogP contribution >= 0.6 is 0 Å². The van der Waals surface area contributed by atoms with Crippen LogP contribution in [0.5, 0.6) is 5.88 Å². The lowest BCUT2D eigenvalue weighted by molar-refractivity contribution is 0.264. The molecule has 0 bridgehead atoms. The minimum Gasteiger partial charge on any atom is -0.470 e. The molecule has 0 unspecified atom stereocenters. The number of aryl methyl sites for hydroxylation is 1. The third-order valence-electron chi connectivity index (χ3n) is 5.08. The summed E-state index contributed by atoms with van der Waals surface area (Å²) in [6.45, 7) is 2.07. The Morgan fingerprint density at radius 3 is 2.79 bits per heavy atom. The van der Waals surface area contributed by atoms with Gasteiger partial charge < -0.3 is 9.26 Å². The average Bonchev–Trinajstić information content (AvgIpc) is 3.24. The van der Waals surface area contributed by atoms with Crippen molar-refractivity contribution < 1.29 is 13.7 Å². The van der Waals surface area contributed by atoms with Gasteiger partial charge in [-0.3, -0.25) is 0 Å². The van der Waals surface area contributed by atoms with Crippen LogP contribution in [0.4, 0.5) is 4.39 Å². The van der Waals surface area contributed by atoms with Gasteiger partial charge in [0.05, 0.1) is 5.56 Å². The Morgan fingerprint density at radius 2 is 2.07 bits per heavy atom. The van der Waals surface area contributed by atoms with Gasteiger partial charge in [0, 0.05) is 11.6 Å². The van der Waals surface area contributed by atoms with Crippen LogP contribution in [0.2, 0.25) is 0 Å². The van der Waals surface area contributed by atoms with E-state index in [2.05, 4.69) is 20.5 Å². The quantitative estimate of drug-likeness (QED) is 0.520. The molecule has 142 valence electrons. The highest BCUT2D eigenvalue weighted by Crippen LogP contribution is 2.40. The van der Waals surface area contributed by atoms with Crippen LogP contribution in [0.15, 0.2) is 40.9 Å². The molecule has 1 aliphatic carbocycles. The van der Waals surface area contributed by atoms with Crippen LogP contribution in [-0.2, 0) is 6.61 Å². The molecule has 7 nitrogen and oxygen atoms in total. The molecule has 4 aromatic rings. The number of halogens is 1. The van der Waals surface area contributed by atoms with Crippen molar-refractivity contribution in [1.29, 1.82) is 0 Å². The lowest BCUT2D eigenvalue weighted by Gasteiger charge is -2.26. The molecule has 3 aromatic heterocycles. The molecule has 1 fully saturated rings. The molecule has 0 amide bonds. The number of aromatic nitrogens is 5. The Balaban J connectivity index is 1.57. The van der Waals surface area contributed by atoms with E-state index in [4.69, 9.17) is 9.26 Å². The van der Waals surface area contributed by atoms with Crippen molar-refractivity contribution in [2.24, 2.45) is 0 Å². The minimum absolute atomic E-state index is 0.243. The van der Waals surface area contributed by atoms with E-state index in [1.807, 2.05) is 19.1 Å². The smallest absolute Gasteiger partial charge is 0.235 e. The highest BCUT2D eigenvalue weighted by molar-refractivity contribution is 5.60. The van der Waals surface area contributed by atoms with Crippen LogP contribution in [0.3, 0.4) is 0 Å². The second kappa shape index (κ2) is 6.70. The molecular weight excluding hydrogens is 361 g/mol. The third-order valence-corrected chi connectivity index (χ3v) is 5.08. The maximum absolute atomic E-state index is 14.3. The van der Waals surface area contributed by atoms with Crippen molar-refractivity contribution in [1.82, 2.24) is 25.0 Å². The summed E-state index contributed by atoms with van der Waals surface area (Å²) in [4.78, 5) is 0. The molecule has 0 atom stereocenters. The summed E-state index contributed by atoms with van der Waals surface area (Å²) >= 11 is 0. The Bertz CT molecular complexity index is 1150. The first-order chi connectivity index (χ1) is 13.7. The molecular formula is C20H18FN5O2. The molecule has 0 aliphatic heterocycles. The number of hydrogen-bond acceptors (Lipinski definition) is 6. The zero-order chi connectivity index (χ0) is 19.1. The van der Waals surface area contributed by atoms with Crippen molar-refractivity contribution in [2.45, 2.75) is 38.7 Å². The maximum atomic E-state index is 14.3. The van der Waals surface area contributed by atoms with Gasteiger partial charge in [0.15, 0.2) is 11.5 Å².